The molecule has 3 aromatic rings. The molecule has 3 rings (SSSR count). The second-order valence-electron chi connectivity index (χ2n) is 5.08. The molecule has 1 heterocycles. The van der Waals surface area contributed by atoms with E-state index in [1.54, 1.807) is 11.3 Å². The minimum absolute atomic E-state index is 0.522. The monoisotopic (exact) mass is 298 g/mol. The van der Waals surface area contributed by atoms with Gasteiger partial charge in [0.1, 0.15) is 17.4 Å². The van der Waals surface area contributed by atoms with Crippen molar-refractivity contribution in [3.63, 3.8) is 0 Å². The molecule has 4 heteroatoms. The van der Waals surface area contributed by atoms with Crippen LogP contribution in [-0.4, -0.2) is 18.1 Å². The Labute approximate surface area is 128 Å². The first kappa shape index (κ1) is 14.0. The molecule has 0 aliphatic carbocycles. The number of nitrogens with zero attached hydrogens (tertiary/aromatic N) is 1. The number of aryl methyl sites for hydroxylation is 2. The Balaban J connectivity index is 1.98. The first-order chi connectivity index (χ1) is 10.2. The molecule has 1 aromatic heterocycles. The molecule has 2 aromatic carbocycles. The molecule has 0 saturated heterocycles. The molecule has 0 radical (unpaired) electrons. The quantitative estimate of drug-likeness (QED) is 0.794. The molecule has 0 aliphatic heterocycles. The Morgan fingerprint density at radius 3 is 2.71 bits per heavy atom. The second kappa shape index (κ2) is 5.84. The van der Waals surface area contributed by atoms with Crippen molar-refractivity contribution in [3.8, 4) is 16.3 Å². The number of benzene rings is 2. The molecule has 0 spiro atoms. The fraction of sp³-hybridized carbons (Fsp3) is 0.235. The van der Waals surface area contributed by atoms with Crippen molar-refractivity contribution in [3.05, 3.63) is 47.5 Å². The maximum absolute atomic E-state index is 5.57. The maximum atomic E-state index is 5.57. The van der Waals surface area contributed by atoms with Gasteiger partial charge in [-0.05, 0) is 49.2 Å². The van der Waals surface area contributed by atoms with Crippen molar-refractivity contribution in [2.45, 2.75) is 13.8 Å². The smallest absolute Gasteiger partial charge is 0.124 e. The second-order valence-corrected chi connectivity index (χ2v) is 6.12. The summed E-state index contributed by atoms with van der Waals surface area (Å²) in [7, 11) is 0. The average molecular weight is 298 g/mol. The van der Waals surface area contributed by atoms with Crippen LogP contribution < -0.4 is 10.5 Å². The summed E-state index contributed by atoms with van der Waals surface area (Å²) in [6.07, 6.45) is 0. The predicted octanol–water partition coefficient (Wildman–Crippen LogP) is 3.92. The van der Waals surface area contributed by atoms with E-state index in [2.05, 4.69) is 32.0 Å². The number of hydrogen-bond acceptors (Lipinski definition) is 4. The van der Waals surface area contributed by atoms with Gasteiger partial charge in [0.25, 0.3) is 0 Å². The molecule has 0 atom stereocenters. The predicted molar refractivity (Wildman–Crippen MR) is 89.1 cm³/mol. The van der Waals surface area contributed by atoms with Gasteiger partial charge in [-0.15, -0.1) is 11.3 Å². The van der Waals surface area contributed by atoms with Crippen LogP contribution >= 0.6 is 11.3 Å². The highest BCUT2D eigenvalue weighted by atomic mass is 32.1. The highest BCUT2D eigenvalue weighted by molar-refractivity contribution is 7.21. The van der Waals surface area contributed by atoms with E-state index in [4.69, 9.17) is 15.5 Å². The van der Waals surface area contributed by atoms with Gasteiger partial charge in [-0.2, -0.15) is 0 Å². The Kier molecular flexibility index (Phi) is 3.90. The standard InChI is InChI=1S/C17H18N2OS/c1-11-3-4-13(9-12(11)2)17-19-15-6-5-14(20-8-7-18)10-16(15)21-17/h3-6,9-10H,7-8,18H2,1-2H3. The lowest BCUT2D eigenvalue weighted by Crippen LogP contribution is -2.10. The van der Waals surface area contributed by atoms with Gasteiger partial charge in [-0.3, -0.25) is 0 Å². The molecule has 0 unspecified atom stereocenters. The van der Waals surface area contributed by atoms with Gasteiger partial charge in [0.05, 0.1) is 10.2 Å². The summed E-state index contributed by atoms with van der Waals surface area (Å²) >= 11 is 1.69. The van der Waals surface area contributed by atoms with Crippen molar-refractivity contribution >= 4 is 21.6 Å². The van der Waals surface area contributed by atoms with Crippen molar-refractivity contribution in [1.82, 2.24) is 4.98 Å². The summed E-state index contributed by atoms with van der Waals surface area (Å²) in [5.41, 5.74) is 10.2. The zero-order chi connectivity index (χ0) is 14.8. The van der Waals surface area contributed by atoms with Crippen LogP contribution in [0, 0.1) is 13.8 Å². The van der Waals surface area contributed by atoms with Gasteiger partial charge in [-0.1, -0.05) is 12.1 Å². The van der Waals surface area contributed by atoms with Crippen molar-refractivity contribution < 1.29 is 4.74 Å². The van der Waals surface area contributed by atoms with E-state index >= 15 is 0 Å². The molecular formula is C17H18N2OS. The fourth-order valence-electron chi connectivity index (χ4n) is 2.17. The van der Waals surface area contributed by atoms with Gasteiger partial charge in [0, 0.05) is 12.1 Å². The van der Waals surface area contributed by atoms with E-state index in [1.165, 1.54) is 16.7 Å². The van der Waals surface area contributed by atoms with E-state index in [0.29, 0.717) is 13.2 Å². The molecule has 0 fully saturated rings. The Hall–Kier alpha value is -1.91. The van der Waals surface area contributed by atoms with Crippen molar-refractivity contribution in [1.29, 1.82) is 0 Å². The minimum Gasteiger partial charge on any atom is -0.492 e. The van der Waals surface area contributed by atoms with Gasteiger partial charge < -0.3 is 10.5 Å². The molecule has 0 bridgehead atoms. The maximum Gasteiger partial charge on any atom is 0.124 e. The SMILES string of the molecule is Cc1ccc(-c2nc3ccc(OCCN)cc3s2)cc1C. The van der Waals surface area contributed by atoms with Crippen molar-refractivity contribution in [2.24, 2.45) is 5.73 Å². The number of ether oxygens (including phenoxy) is 1. The lowest BCUT2D eigenvalue weighted by molar-refractivity contribution is 0.329. The van der Waals surface area contributed by atoms with E-state index in [-0.39, 0.29) is 0 Å². The van der Waals surface area contributed by atoms with Crippen LogP contribution in [0.15, 0.2) is 36.4 Å². The van der Waals surface area contributed by atoms with Crippen LogP contribution in [0.4, 0.5) is 0 Å². The topological polar surface area (TPSA) is 48.1 Å². The molecule has 0 aliphatic rings. The molecule has 0 saturated carbocycles. The van der Waals surface area contributed by atoms with Crippen molar-refractivity contribution in [2.75, 3.05) is 13.2 Å². The summed E-state index contributed by atoms with van der Waals surface area (Å²) in [5, 5.41) is 1.05. The van der Waals surface area contributed by atoms with Gasteiger partial charge >= 0.3 is 0 Å². The van der Waals surface area contributed by atoms with E-state index in [9.17, 15) is 0 Å². The third-order valence-electron chi connectivity index (χ3n) is 3.50. The minimum atomic E-state index is 0.522. The number of nitrogens with two attached hydrogens (primary N) is 1. The Morgan fingerprint density at radius 2 is 1.95 bits per heavy atom. The van der Waals surface area contributed by atoms with Gasteiger partial charge in [-0.25, -0.2) is 4.98 Å². The number of aromatic nitrogens is 1. The highest BCUT2D eigenvalue weighted by Crippen LogP contribution is 2.33. The summed E-state index contributed by atoms with van der Waals surface area (Å²) in [4.78, 5) is 4.71. The first-order valence-electron chi connectivity index (χ1n) is 6.98. The van der Waals surface area contributed by atoms with E-state index in [0.717, 1.165) is 21.0 Å². The summed E-state index contributed by atoms with van der Waals surface area (Å²) < 4.78 is 6.70. The number of thiazole rings is 1. The lowest BCUT2D eigenvalue weighted by Gasteiger charge is -2.02. The molecule has 21 heavy (non-hydrogen) atoms. The summed E-state index contributed by atoms with van der Waals surface area (Å²) in [6.45, 7) is 5.31. The summed E-state index contributed by atoms with van der Waals surface area (Å²) in [5.74, 6) is 0.850. The van der Waals surface area contributed by atoms with Crippen LogP contribution in [0.2, 0.25) is 0 Å². The molecule has 2 N–H and O–H groups in total. The molecular weight excluding hydrogens is 280 g/mol. The third-order valence-corrected chi connectivity index (χ3v) is 4.57. The van der Waals surface area contributed by atoms with Crippen LogP contribution in [0.5, 0.6) is 5.75 Å². The van der Waals surface area contributed by atoms with Crippen LogP contribution in [0.1, 0.15) is 11.1 Å². The lowest BCUT2D eigenvalue weighted by atomic mass is 10.1. The van der Waals surface area contributed by atoms with E-state index < -0.39 is 0 Å². The zero-order valence-electron chi connectivity index (χ0n) is 12.2. The van der Waals surface area contributed by atoms with Crippen LogP contribution in [0.3, 0.4) is 0 Å². The number of hydrogen-bond donors (Lipinski definition) is 1. The fourth-order valence-corrected chi connectivity index (χ4v) is 3.16. The van der Waals surface area contributed by atoms with Gasteiger partial charge in [0.2, 0.25) is 0 Å². The van der Waals surface area contributed by atoms with Gasteiger partial charge in [0.15, 0.2) is 0 Å². The van der Waals surface area contributed by atoms with Crippen LogP contribution in [-0.2, 0) is 0 Å². The Bertz CT molecular complexity index is 780. The summed E-state index contributed by atoms with van der Waals surface area (Å²) in [6, 6.07) is 12.5. The third kappa shape index (κ3) is 2.91. The van der Waals surface area contributed by atoms with Crippen LogP contribution in [0.25, 0.3) is 20.8 Å². The number of fused-ring (bicyclic) bond motifs is 1. The zero-order valence-corrected chi connectivity index (χ0v) is 13.0. The first-order valence-corrected chi connectivity index (χ1v) is 7.80. The number of rotatable bonds is 4. The molecule has 0 amide bonds. The van der Waals surface area contributed by atoms with E-state index in [1.807, 2.05) is 18.2 Å². The highest BCUT2D eigenvalue weighted by Gasteiger charge is 2.08. The largest absolute Gasteiger partial charge is 0.492 e. The normalized spacial score (nSPS) is 11.0. The molecule has 3 nitrogen and oxygen atoms in total. The molecule has 108 valence electrons. The Morgan fingerprint density at radius 1 is 1.10 bits per heavy atom. The average Bonchev–Trinajstić information content (AvgIpc) is 2.91.